The highest BCUT2D eigenvalue weighted by Gasteiger charge is 2.24. The molecule has 3 aromatic carbocycles. The highest BCUT2D eigenvalue weighted by atomic mass is 32.2. The van der Waals surface area contributed by atoms with Gasteiger partial charge in [-0.15, -0.1) is 10.2 Å². The molecule has 10 nitrogen and oxygen atoms in total. The van der Waals surface area contributed by atoms with Gasteiger partial charge >= 0.3 is 0 Å². The Kier molecular flexibility index (Phi) is 7.54. The number of nitro groups is 2. The van der Waals surface area contributed by atoms with E-state index in [9.17, 15) is 24.6 Å². The van der Waals surface area contributed by atoms with Crippen LogP contribution in [0.4, 0.5) is 10.1 Å². The number of hydrogen-bond donors (Lipinski definition) is 0. The van der Waals surface area contributed by atoms with Crippen molar-refractivity contribution in [1.82, 2.24) is 14.8 Å². The molecule has 36 heavy (non-hydrogen) atoms. The topological polar surface area (TPSA) is 126 Å². The van der Waals surface area contributed by atoms with E-state index in [2.05, 4.69) is 10.2 Å². The standard InChI is InChI=1S/C24H20FN5O5S/c1-16-26-27-24(29(16)20-9-7-19(25)8-10-20)36-23(14-28(31)32)18-5-11-22(12-6-18)35-15-17-3-2-4-21(13-17)30(33)34/h2-13,23H,14-15H2,1H3/t23-/m0/s1. The van der Waals surface area contributed by atoms with Crippen LogP contribution in [-0.4, -0.2) is 31.2 Å². The fourth-order valence-electron chi connectivity index (χ4n) is 3.49. The van der Waals surface area contributed by atoms with E-state index in [1.54, 1.807) is 60.0 Å². The van der Waals surface area contributed by atoms with Crippen molar-refractivity contribution >= 4 is 17.4 Å². The largest absolute Gasteiger partial charge is 0.489 e. The SMILES string of the molecule is Cc1nnc(S[C@@H](C[N+](=O)[O-])c2ccc(OCc3cccc([N+](=O)[O-])c3)cc2)n1-c1ccc(F)cc1. The van der Waals surface area contributed by atoms with E-state index in [1.165, 1.54) is 36.0 Å². The Morgan fingerprint density at radius 3 is 2.42 bits per heavy atom. The molecule has 0 spiro atoms. The van der Waals surface area contributed by atoms with Crippen LogP contribution in [0.3, 0.4) is 0 Å². The van der Waals surface area contributed by atoms with Crippen LogP contribution in [0, 0.1) is 33.0 Å². The van der Waals surface area contributed by atoms with Crippen LogP contribution in [-0.2, 0) is 6.61 Å². The first-order chi connectivity index (χ1) is 17.3. The van der Waals surface area contributed by atoms with Crippen molar-refractivity contribution in [3.63, 3.8) is 0 Å². The second-order valence-electron chi connectivity index (χ2n) is 7.75. The van der Waals surface area contributed by atoms with Crippen molar-refractivity contribution in [3.8, 4) is 11.4 Å². The third-order valence-corrected chi connectivity index (χ3v) is 6.40. The number of halogens is 1. The number of non-ortho nitro benzene ring substituents is 1. The van der Waals surface area contributed by atoms with Gasteiger partial charge < -0.3 is 4.74 Å². The van der Waals surface area contributed by atoms with Crippen LogP contribution in [0.15, 0.2) is 78.0 Å². The van der Waals surface area contributed by atoms with Crippen LogP contribution in [0.1, 0.15) is 22.2 Å². The molecule has 0 bridgehead atoms. The summed E-state index contributed by atoms with van der Waals surface area (Å²) >= 11 is 1.19. The maximum absolute atomic E-state index is 13.4. The quantitative estimate of drug-likeness (QED) is 0.160. The van der Waals surface area contributed by atoms with E-state index in [0.29, 0.717) is 33.5 Å². The fourth-order valence-corrected chi connectivity index (χ4v) is 4.66. The van der Waals surface area contributed by atoms with Crippen molar-refractivity contribution in [2.24, 2.45) is 0 Å². The summed E-state index contributed by atoms with van der Waals surface area (Å²) in [5.41, 5.74) is 1.96. The minimum absolute atomic E-state index is 0.0187. The lowest BCUT2D eigenvalue weighted by molar-refractivity contribution is -0.479. The molecule has 184 valence electrons. The van der Waals surface area contributed by atoms with Crippen molar-refractivity contribution in [3.05, 3.63) is 116 Å². The average molecular weight is 510 g/mol. The first-order valence-electron chi connectivity index (χ1n) is 10.7. The Morgan fingerprint density at radius 1 is 1.03 bits per heavy atom. The molecule has 0 saturated heterocycles. The Bertz CT molecular complexity index is 1380. The van der Waals surface area contributed by atoms with Gasteiger partial charge in [-0.3, -0.25) is 24.8 Å². The van der Waals surface area contributed by atoms with Crippen molar-refractivity contribution in [2.45, 2.75) is 23.9 Å². The maximum Gasteiger partial charge on any atom is 0.269 e. The Balaban J connectivity index is 1.51. The predicted octanol–water partition coefficient (Wildman–Crippen LogP) is 5.31. The lowest BCUT2D eigenvalue weighted by Crippen LogP contribution is -2.11. The summed E-state index contributed by atoms with van der Waals surface area (Å²) in [5, 5.41) is 30.5. The summed E-state index contributed by atoms with van der Waals surface area (Å²) in [6, 6.07) is 18.8. The molecule has 0 fully saturated rings. The zero-order valence-electron chi connectivity index (χ0n) is 19.0. The monoisotopic (exact) mass is 509 g/mol. The predicted molar refractivity (Wildman–Crippen MR) is 130 cm³/mol. The second-order valence-corrected chi connectivity index (χ2v) is 8.92. The van der Waals surface area contributed by atoms with Gasteiger partial charge in [0.25, 0.3) is 5.69 Å². The number of thioether (sulfide) groups is 1. The van der Waals surface area contributed by atoms with Crippen LogP contribution in [0.2, 0.25) is 0 Å². The fraction of sp³-hybridized carbons (Fsp3) is 0.167. The van der Waals surface area contributed by atoms with Gasteiger partial charge in [-0.1, -0.05) is 36.0 Å². The number of ether oxygens (including phenoxy) is 1. The smallest absolute Gasteiger partial charge is 0.269 e. The zero-order chi connectivity index (χ0) is 25.7. The van der Waals surface area contributed by atoms with Gasteiger partial charge in [0.1, 0.15) is 29.2 Å². The molecular weight excluding hydrogens is 489 g/mol. The molecule has 4 rings (SSSR count). The molecule has 4 aromatic rings. The Hall–Kier alpha value is -4.32. The Morgan fingerprint density at radius 2 is 1.75 bits per heavy atom. The minimum Gasteiger partial charge on any atom is -0.489 e. The highest BCUT2D eigenvalue weighted by molar-refractivity contribution is 7.99. The lowest BCUT2D eigenvalue weighted by Gasteiger charge is -2.15. The molecule has 0 amide bonds. The van der Waals surface area contributed by atoms with Crippen LogP contribution < -0.4 is 4.74 Å². The van der Waals surface area contributed by atoms with Crippen LogP contribution in [0.5, 0.6) is 5.75 Å². The summed E-state index contributed by atoms with van der Waals surface area (Å²) in [7, 11) is 0. The molecule has 1 heterocycles. The van der Waals surface area contributed by atoms with Gasteiger partial charge in [0.15, 0.2) is 5.16 Å². The molecule has 1 atom stereocenters. The van der Waals surface area contributed by atoms with Gasteiger partial charge in [-0.05, 0) is 54.4 Å². The number of rotatable bonds is 10. The number of nitrogens with zero attached hydrogens (tertiary/aromatic N) is 5. The number of aromatic nitrogens is 3. The number of hydrogen-bond acceptors (Lipinski definition) is 8. The van der Waals surface area contributed by atoms with E-state index in [4.69, 9.17) is 4.74 Å². The molecule has 0 saturated carbocycles. The second kappa shape index (κ2) is 11.0. The van der Waals surface area contributed by atoms with Gasteiger partial charge in [0.05, 0.1) is 4.92 Å². The van der Waals surface area contributed by atoms with E-state index in [0.717, 1.165) is 0 Å². The van der Waals surface area contributed by atoms with E-state index >= 15 is 0 Å². The third-order valence-electron chi connectivity index (χ3n) is 5.22. The van der Waals surface area contributed by atoms with Gasteiger partial charge in [0, 0.05) is 22.7 Å². The number of aryl methyl sites for hydroxylation is 1. The van der Waals surface area contributed by atoms with E-state index in [-0.39, 0.29) is 24.7 Å². The van der Waals surface area contributed by atoms with E-state index < -0.39 is 15.1 Å². The average Bonchev–Trinajstić information content (AvgIpc) is 3.23. The summed E-state index contributed by atoms with van der Waals surface area (Å²) in [6.07, 6.45) is 0. The Labute approximate surface area is 209 Å². The normalized spacial score (nSPS) is 11.7. The molecule has 1 aromatic heterocycles. The van der Waals surface area contributed by atoms with Crippen LogP contribution >= 0.6 is 11.8 Å². The number of benzene rings is 3. The number of nitro benzene ring substituents is 1. The van der Waals surface area contributed by atoms with Crippen molar-refractivity contribution < 1.29 is 19.0 Å². The summed E-state index contributed by atoms with van der Waals surface area (Å²) < 4.78 is 20.8. The highest BCUT2D eigenvalue weighted by Crippen LogP contribution is 2.36. The van der Waals surface area contributed by atoms with Gasteiger partial charge in [0.2, 0.25) is 6.54 Å². The summed E-state index contributed by atoms with van der Waals surface area (Å²) in [5.74, 6) is 0.701. The first kappa shape index (κ1) is 24.8. The van der Waals surface area contributed by atoms with Crippen LogP contribution in [0.25, 0.3) is 5.69 Å². The molecular formula is C24H20FN5O5S. The molecule has 0 aliphatic heterocycles. The minimum atomic E-state index is -0.575. The van der Waals surface area contributed by atoms with Gasteiger partial charge in [-0.25, -0.2) is 4.39 Å². The molecule has 0 radical (unpaired) electrons. The third kappa shape index (κ3) is 6.02. The first-order valence-corrected chi connectivity index (χ1v) is 11.6. The molecule has 0 unspecified atom stereocenters. The van der Waals surface area contributed by atoms with Crippen molar-refractivity contribution in [1.29, 1.82) is 0 Å². The molecule has 12 heteroatoms. The zero-order valence-corrected chi connectivity index (χ0v) is 19.8. The summed E-state index contributed by atoms with van der Waals surface area (Å²) in [4.78, 5) is 21.5. The summed E-state index contributed by atoms with van der Waals surface area (Å²) in [6.45, 7) is 1.53. The van der Waals surface area contributed by atoms with Crippen molar-refractivity contribution in [2.75, 3.05) is 6.54 Å². The molecule has 0 aliphatic carbocycles. The maximum atomic E-state index is 13.4. The lowest BCUT2D eigenvalue weighted by atomic mass is 10.1. The van der Waals surface area contributed by atoms with E-state index in [1.807, 2.05) is 0 Å². The van der Waals surface area contributed by atoms with Gasteiger partial charge in [-0.2, -0.15) is 0 Å². The molecule has 0 aliphatic rings. The molecule has 0 N–H and O–H groups in total.